The maximum atomic E-state index is 12.4. The molecule has 1 amide bonds. The van der Waals surface area contributed by atoms with Gasteiger partial charge in [0, 0.05) is 25.2 Å². The Bertz CT molecular complexity index is 704. The number of rotatable bonds is 6. The summed E-state index contributed by atoms with van der Waals surface area (Å²) in [5.74, 6) is 1.09. The van der Waals surface area contributed by atoms with Gasteiger partial charge in [-0.15, -0.1) is 10.2 Å². The number of nitrogens with zero attached hydrogens (tertiary/aromatic N) is 5. The van der Waals surface area contributed by atoms with Crippen LogP contribution in [0.4, 0.5) is 0 Å². The molecule has 1 aliphatic rings. The van der Waals surface area contributed by atoms with Crippen molar-refractivity contribution in [3.05, 3.63) is 29.7 Å². The zero-order valence-corrected chi connectivity index (χ0v) is 14.8. The van der Waals surface area contributed by atoms with Crippen molar-refractivity contribution >= 4 is 5.91 Å². The second-order valence-corrected chi connectivity index (χ2v) is 6.45. The molecule has 9 nitrogen and oxygen atoms in total. The average molecular weight is 348 g/mol. The molecule has 3 heterocycles. The van der Waals surface area contributed by atoms with Crippen molar-refractivity contribution in [2.45, 2.75) is 39.4 Å². The number of morpholine rings is 1. The van der Waals surface area contributed by atoms with Crippen molar-refractivity contribution in [2.75, 3.05) is 26.3 Å². The predicted octanol–water partition coefficient (Wildman–Crippen LogP) is 1.17. The average Bonchev–Trinajstić information content (AvgIpc) is 3.25. The summed E-state index contributed by atoms with van der Waals surface area (Å²) in [4.78, 5) is 14.6. The topological polar surface area (TPSA) is 98.3 Å². The maximum Gasteiger partial charge on any atom is 0.274 e. The second kappa shape index (κ2) is 7.75. The molecular weight excluding hydrogens is 324 g/mol. The standard InChI is InChI=1S/C16H24N6O3/c1-11(2)22-10-17-19-15(22)12(3)18-16(23)14-8-13(25-20-14)9-21-4-6-24-7-5-21/h8,10-12H,4-7,9H2,1-3H3,(H,18,23). The third kappa shape index (κ3) is 4.23. The molecule has 9 heteroatoms. The molecule has 1 unspecified atom stereocenters. The van der Waals surface area contributed by atoms with Crippen molar-refractivity contribution in [3.8, 4) is 0 Å². The van der Waals surface area contributed by atoms with Crippen molar-refractivity contribution in [1.29, 1.82) is 0 Å². The molecule has 0 saturated carbocycles. The Balaban J connectivity index is 1.60. The molecule has 1 N–H and O–H groups in total. The summed E-state index contributed by atoms with van der Waals surface area (Å²) < 4.78 is 12.5. The van der Waals surface area contributed by atoms with Crippen LogP contribution in [0.1, 0.15) is 54.9 Å². The summed E-state index contributed by atoms with van der Waals surface area (Å²) in [5.41, 5.74) is 0.269. The van der Waals surface area contributed by atoms with Crippen LogP contribution >= 0.6 is 0 Å². The number of carbonyl (C=O) groups is 1. The van der Waals surface area contributed by atoms with Gasteiger partial charge in [0.1, 0.15) is 6.33 Å². The van der Waals surface area contributed by atoms with Gasteiger partial charge in [0.25, 0.3) is 5.91 Å². The molecule has 0 bridgehead atoms. The van der Waals surface area contributed by atoms with Gasteiger partial charge in [-0.1, -0.05) is 5.16 Å². The first-order valence-corrected chi connectivity index (χ1v) is 8.50. The van der Waals surface area contributed by atoms with Gasteiger partial charge in [-0.05, 0) is 20.8 Å². The van der Waals surface area contributed by atoms with Gasteiger partial charge in [-0.2, -0.15) is 0 Å². The van der Waals surface area contributed by atoms with Crippen LogP contribution in [0, 0.1) is 0 Å². The van der Waals surface area contributed by atoms with Crippen LogP contribution < -0.4 is 5.32 Å². The lowest BCUT2D eigenvalue weighted by molar-refractivity contribution is 0.0305. The Labute approximate surface area is 146 Å². The first-order chi connectivity index (χ1) is 12.0. The monoisotopic (exact) mass is 348 g/mol. The summed E-state index contributed by atoms with van der Waals surface area (Å²) in [6.07, 6.45) is 1.67. The van der Waals surface area contributed by atoms with Gasteiger partial charge in [0.2, 0.25) is 0 Å². The molecule has 2 aromatic rings. The van der Waals surface area contributed by atoms with Gasteiger partial charge in [-0.3, -0.25) is 9.69 Å². The Hall–Kier alpha value is -2.26. The molecule has 136 valence electrons. The molecule has 3 rings (SSSR count). The third-order valence-corrected chi connectivity index (χ3v) is 4.17. The Morgan fingerprint density at radius 3 is 2.80 bits per heavy atom. The number of aromatic nitrogens is 4. The fraction of sp³-hybridized carbons (Fsp3) is 0.625. The van der Waals surface area contributed by atoms with Crippen LogP contribution in [0.25, 0.3) is 0 Å². The SMILES string of the molecule is CC(NC(=O)c1cc(CN2CCOCC2)on1)c1nncn1C(C)C. The van der Waals surface area contributed by atoms with E-state index in [2.05, 4.69) is 25.6 Å². The molecule has 0 aliphatic carbocycles. The lowest BCUT2D eigenvalue weighted by Crippen LogP contribution is -2.35. The van der Waals surface area contributed by atoms with Crippen LogP contribution in [0.15, 0.2) is 16.9 Å². The Kier molecular flexibility index (Phi) is 5.44. The fourth-order valence-corrected chi connectivity index (χ4v) is 2.77. The minimum atomic E-state index is -0.289. The number of hydrogen-bond acceptors (Lipinski definition) is 7. The van der Waals surface area contributed by atoms with Crippen LogP contribution in [-0.2, 0) is 11.3 Å². The largest absolute Gasteiger partial charge is 0.379 e. The Morgan fingerprint density at radius 1 is 1.32 bits per heavy atom. The zero-order chi connectivity index (χ0) is 17.8. The van der Waals surface area contributed by atoms with E-state index in [0.717, 1.165) is 26.3 Å². The quantitative estimate of drug-likeness (QED) is 0.836. The second-order valence-electron chi connectivity index (χ2n) is 6.45. The lowest BCUT2D eigenvalue weighted by atomic mass is 10.2. The van der Waals surface area contributed by atoms with Gasteiger partial charge in [-0.25, -0.2) is 0 Å². The highest BCUT2D eigenvalue weighted by Crippen LogP contribution is 2.15. The van der Waals surface area contributed by atoms with E-state index >= 15 is 0 Å². The van der Waals surface area contributed by atoms with Gasteiger partial charge in [0.15, 0.2) is 17.3 Å². The first-order valence-electron chi connectivity index (χ1n) is 8.50. The van der Waals surface area contributed by atoms with Crippen LogP contribution in [0.2, 0.25) is 0 Å². The van der Waals surface area contributed by atoms with E-state index in [1.54, 1.807) is 12.4 Å². The molecule has 1 fully saturated rings. The summed E-state index contributed by atoms with van der Waals surface area (Å²) in [7, 11) is 0. The normalized spacial score (nSPS) is 17.0. The fourth-order valence-electron chi connectivity index (χ4n) is 2.77. The van der Waals surface area contributed by atoms with Crippen LogP contribution in [0.3, 0.4) is 0 Å². The number of ether oxygens (including phenoxy) is 1. The van der Waals surface area contributed by atoms with E-state index < -0.39 is 0 Å². The highest BCUT2D eigenvalue weighted by atomic mass is 16.5. The predicted molar refractivity (Wildman–Crippen MR) is 88.9 cm³/mol. The zero-order valence-electron chi connectivity index (χ0n) is 14.8. The number of carbonyl (C=O) groups excluding carboxylic acids is 1. The molecule has 1 aliphatic heterocycles. The smallest absolute Gasteiger partial charge is 0.274 e. The van der Waals surface area contributed by atoms with Crippen LogP contribution in [0.5, 0.6) is 0 Å². The molecule has 0 aromatic carbocycles. The number of hydrogen-bond donors (Lipinski definition) is 1. The van der Waals surface area contributed by atoms with E-state index in [9.17, 15) is 4.79 Å². The van der Waals surface area contributed by atoms with E-state index in [-0.39, 0.29) is 23.7 Å². The summed E-state index contributed by atoms with van der Waals surface area (Å²) in [6.45, 7) is 9.71. The van der Waals surface area contributed by atoms with Crippen molar-refractivity contribution < 1.29 is 14.1 Å². The molecule has 1 saturated heterocycles. The maximum absolute atomic E-state index is 12.4. The van der Waals surface area contributed by atoms with Gasteiger partial charge < -0.3 is 19.1 Å². The third-order valence-electron chi connectivity index (χ3n) is 4.17. The summed E-state index contributed by atoms with van der Waals surface area (Å²) in [6, 6.07) is 1.62. The van der Waals surface area contributed by atoms with Crippen molar-refractivity contribution in [2.24, 2.45) is 0 Å². The molecular formula is C16H24N6O3. The van der Waals surface area contributed by atoms with E-state index in [1.807, 2.05) is 25.3 Å². The lowest BCUT2D eigenvalue weighted by Gasteiger charge is -2.25. The molecule has 1 atom stereocenters. The summed E-state index contributed by atoms with van der Waals surface area (Å²) in [5, 5.41) is 14.8. The van der Waals surface area contributed by atoms with Crippen molar-refractivity contribution in [3.63, 3.8) is 0 Å². The number of amides is 1. The van der Waals surface area contributed by atoms with E-state index in [1.165, 1.54) is 0 Å². The minimum absolute atomic E-state index is 0.219. The molecule has 2 aromatic heterocycles. The van der Waals surface area contributed by atoms with Crippen LogP contribution in [-0.4, -0.2) is 57.0 Å². The summed E-state index contributed by atoms with van der Waals surface area (Å²) >= 11 is 0. The Morgan fingerprint density at radius 2 is 2.08 bits per heavy atom. The molecule has 0 radical (unpaired) electrons. The molecule has 0 spiro atoms. The van der Waals surface area contributed by atoms with E-state index in [4.69, 9.17) is 9.26 Å². The highest BCUT2D eigenvalue weighted by Gasteiger charge is 2.21. The molecule has 25 heavy (non-hydrogen) atoms. The first kappa shape index (κ1) is 17.6. The van der Waals surface area contributed by atoms with Gasteiger partial charge >= 0.3 is 0 Å². The van der Waals surface area contributed by atoms with Crippen molar-refractivity contribution in [1.82, 2.24) is 30.1 Å². The van der Waals surface area contributed by atoms with Gasteiger partial charge in [0.05, 0.1) is 25.8 Å². The minimum Gasteiger partial charge on any atom is -0.379 e. The highest BCUT2D eigenvalue weighted by molar-refractivity contribution is 5.92. The number of nitrogens with one attached hydrogen (secondary N) is 1. The van der Waals surface area contributed by atoms with E-state index in [0.29, 0.717) is 18.1 Å².